The van der Waals surface area contributed by atoms with Crippen molar-refractivity contribution >= 4 is 29.9 Å². The van der Waals surface area contributed by atoms with Gasteiger partial charge in [0.1, 0.15) is 18.0 Å². The van der Waals surface area contributed by atoms with Crippen molar-refractivity contribution in [3.63, 3.8) is 0 Å². The molecule has 0 fully saturated rings. The first-order valence-electron chi connectivity index (χ1n) is 9.56. The molecule has 2 rings (SSSR count). The minimum absolute atomic E-state index is 0. The molecule has 0 heterocycles. The lowest BCUT2D eigenvalue weighted by molar-refractivity contribution is 0.0617. The van der Waals surface area contributed by atoms with E-state index in [9.17, 15) is 5.11 Å². The molecule has 0 radical (unpaired) electrons. The number of halogens is 1. The molecule has 0 aliphatic heterocycles. The van der Waals surface area contributed by atoms with Gasteiger partial charge in [-0.2, -0.15) is 0 Å². The average molecular weight is 513 g/mol. The van der Waals surface area contributed by atoms with E-state index >= 15 is 0 Å². The van der Waals surface area contributed by atoms with Crippen molar-refractivity contribution in [2.45, 2.75) is 26.0 Å². The molecule has 3 N–H and O–H groups in total. The molecule has 0 aliphatic carbocycles. The highest BCUT2D eigenvalue weighted by Crippen LogP contribution is 2.19. The number of aliphatic imine (C=N–C) groups is 1. The fourth-order valence-electron chi connectivity index (χ4n) is 2.64. The summed E-state index contributed by atoms with van der Waals surface area (Å²) >= 11 is 0. The van der Waals surface area contributed by atoms with Crippen LogP contribution in [0.2, 0.25) is 0 Å². The van der Waals surface area contributed by atoms with Gasteiger partial charge in [0.05, 0.1) is 19.7 Å². The van der Waals surface area contributed by atoms with Gasteiger partial charge in [-0.15, -0.1) is 24.0 Å². The van der Waals surface area contributed by atoms with Gasteiger partial charge in [0, 0.05) is 13.7 Å². The smallest absolute Gasteiger partial charge is 0.191 e. The Hall–Kier alpha value is -1.84. The lowest BCUT2D eigenvalue weighted by atomic mass is 9.96. The fourth-order valence-corrected chi connectivity index (χ4v) is 2.64. The van der Waals surface area contributed by atoms with Crippen LogP contribution >= 0.6 is 24.0 Å². The predicted molar refractivity (Wildman–Crippen MR) is 128 cm³/mol. The molecule has 0 aliphatic rings. The molecule has 0 bridgehead atoms. The number of benzene rings is 2. The predicted octanol–water partition coefficient (Wildman–Crippen LogP) is 3.29. The van der Waals surface area contributed by atoms with E-state index in [1.807, 2.05) is 61.5 Å². The molecule has 0 aromatic heterocycles. The van der Waals surface area contributed by atoms with E-state index in [2.05, 4.69) is 15.6 Å². The van der Waals surface area contributed by atoms with E-state index in [1.165, 1.54) is 0 Å². The molecule has 160 valence electrons. The van der Waals surface area contributed by atoms with Crippen molar-refractivity contribution in [3.8, 4) is 5.75 Å². The summed E-state index contributed by atoms with van der Waals surface area (Å²) in [5.41, 5.74) is 0.910. The second kappa shape index (κ2) is 13.4. The summed E-state index contributed by atoms with van der Waals surface area (Å²) < 4.78 is 10.6. The Balaban J connectivity index is 0.00000420. The molecular weight excluding hydrogens is 481 g/mol. The Bertz CT molecular complexity index is 739. The minimum atomic E-state index is -0.993. The monoisotopic (exact) mass is 513 g/mol. The summed E-state index contributed by atoms with van der Waals surface area (Å²) in [5, 5.41) is 17.2. The van der Waals surface area contributed by atoms with Gasteiger partial charge in [-0.05, 0) is 37.1 Å². The molecule has 29 heavy (non-hydrogen) atoms. The Morgan fingerprint density at radius 3 is 2.52 bits per heavy atom. The van der Waals surface area contributed by atoms with Crippen LogP contribution in [0.5, 0.6) is 5.75 Å². The molecule has 0 spiro atoms. The number of methoxy groups -OCH3 is 1. The lowest BCUT2D eigenvalue weighted by Gasteiger charge is -2.25. The van der Waals surface area contributed by atoms with Gasteiger partial charge in [-0.25, -0.2) is 4.99 Å². The Morgan fingerprint density at radius 1 is 1.07 bits per heavy atom. The number of hydrogen-bond donors (Lipinski definition) is 3. The number of nitrogens with one attached hydrogen (secondary N) is 2. The maximum absolute atomic E-state index is 10.8. The lowest BCUT2D eigenvalue weighted by Crippen LogP contribution is -2.44. The first-order chi connectivity index (χ1) is 13.5. The van der Waals surface area contributed by atoms with Crippen LogP contribution in [-0.2, 0) is 16.9 Å². The van der Waals surface area contributed by atoms with Gasteiger partial charge in [0.2, 0.25) is 0 Å². The quantitative estimate of drug-likeness (QED) is 0.197. The molecule has 1 atom stereocenters. The standard InChI is InChI=1S/C22H31N3O3.HI/c1-4-23-21(25-17-22(2,26)19-10-6-5-7-11-19)24-16-18-9-8-12-20(15-18)28-14-13-27-3;/h5-12,15,26H,4,13-14,16-17H2,1-3H3,(H2,23,24,25);1H. The summed E-state index contributed by atoms with van der Waals surface area (Å²) in [6.45, 7) is 6.46. The van der Waals surface area contributed by atoms with E-state index in [0.717, 1.165) is 23.4 Å². The third-order valence-corrected chi connectivity index (χ3v) is 4.21. The second-order valence-electron chi connectivity index (χ2n) is 6.68. The van der Waals surface area contributed by atoms with Crippen LogP contribution in [0.3, 0.4) is 0 Å². The van der Waals surface area contributed by atoms with Crippen LogP contribution in [0.1, 0.15) is 25.0 Å². The van der Waals surface area contributed by atoms with Crippen LogP contribution in [0, 0.1) is 0 Å². The van der Waals surface area contributed by atoms with Crippen molar-refractivity contribution in [2.24, 2.45) is 4.99 Å². The van der Waals surface area contributed by atoms with Gasteiger partial charge in [0.25, 0.3) is 0 Å². The summed E-state index contributed by atoms with van der Waals surface area (Å²) in [4.78, 5) is 4.62. The number of rotatable bonds is 10. The van der Waals surface area contributed by atoms with Gasteiger partial charge in [0.15, 0.2) is 5.96 Å². The maximum atomic E-state index is 10.8. The van der Waals surface area contributed by atoms with E-state index in [-0.39, 0.29) is 24.0 Å². The number of hydrogen-bond acceptors (Lipinski definition) is 4. The molecule has 1 unspecified atom stereocenters. The highest BCUT2D eigenvalue weighted by molar-refractivity contribution is 14.0. The van der Waals surface area contributed by atoms with E-state index in [0.29, 0.717) is 32.3 Å². The second-order valence-corrected chi connectivity index (χ2v) is 6.68. The van der Waals surface area contributed by atoms with Crippen LogP contribution in [-0.4, -0.2) is 44.5 Å². The van der Waals surface area contributed by atoms with Crippen molar-refractivity contribution in [1.82, 2.24) is 10.6 Å². The molecule has 7 heteroatoms. The van der Waals surface area contributed by atoms with E-state index in [1.54, 1.807) is 14.0 Å². The van der Waals surface area contributed by atoms with Crippen molar-refractivity contribution in [2.75, 3.05) is 33.4 Å². The number of guanidine groups is 1. The molecule has 0 saturated heterocycles. The highest BCUT2D eigenvalue weighted by Gasteiger charge is 2.22. The summed E-state index contributed by atoms with van der Waals surface area (Å²) in [6.07, 6.45) is 0. The zero-order chi connectivity index (χ0) is 20.2. The van der Waals surface area contributed by atoms with Gasteiger partial charge in [-0.1, -0.05) is 42.5 Å². The van der Waals surface area contributed by atoms with E-state index in [4.69, 9.17) is 9.47 Å². The van der Waals surface area contributed by atoms with Crippen LogP contribution in [0.25, 0.3) is 0 Å². The Labute approximate surface area is 190 Å². The third-order valence-electron chi connectivity index (χ3n) is 4.21. The normalized spacial score (nSPS) is 13.2. The topological polar surface area (TPSA) is 75.1 Å². The minimum Gasteiger partial charge on any atom is -0.491 e. The van der Waals surface area contributed by atoms with Crippen LogP contribution in [0.4, 0.5) is 0 Å². The third kappa shape index (κ3) is 9.01. The van der Waals surface area contributed by atoms with Crippen molar-refractivity contribution in [3.05, 3.63) is 65.7 Å². The van der Waals surface area contributed by atoms with Gasteiger partial charge in [-0.3, -0.25) is 0 Å². The molecule has 0 amide bonds. The first kappa shape index (κ1) is 25.2. The zero-order valence-electron chi connectivity index (χ0n) is 17.4. The van der Waals surface area contributed by atoms with Gasteiger partial charge < -0.3 is 25.2 Å². The average Bonchev–Trinajstić information content (AvgIpc) is 2.71. The van der Waals surface area contributed by atoms with Crippen LogP contribution < -0.4 is 15.4 Å². The number of ether oxygens (including phenoxy) is 2. The zero-order valence-corrected chi connectivity index (χ0v) is 19.7. The summed E-state index contributed by atoms with van der Waals surface area (Å²) in [7, 11) is 1.65. The van der Waals surface area contributed by atoms with Crippen molar-refractivity contribution in [1.29, 1.82) is 0 Å². The van der Waals surface area contributed by atoms with E-state index < -0.39 is 5.60 Å². The SMILES string of the molecule is CCNC(=NCc1cccc(OCCOC)c1)NCC(C)(O)c1ccccc1.I. The Morgan fingerprint density at radius 2 is 1.83 bits per heavy atom. The largest absolute Gasteiger partial charge is 0.491 e. The molecular formula is C22H32IN3O3. The highest BCUT2D eigenvalue weighted by atomic mass is 127. The number of nitrogens with zero attached hydrogens (tertiary/aromatic N) is 1. The molecule has 2 aromatic rings. The Kier molecular flexibility index (Phi) is 11.6. The van der Waals surface area contributed by atoms with Gasteiger partial charge >= 0.3 is 0 Å². The first-order valence-corrected chi connectivity index (χ1v) is 9.56. The number of aliphatic hydroxyl groups is 1. The molecule has 0 saturated carbocycles. The summed E-state index contributed by atoms with van der Waals surface area (Å²) in [5.74, 6) is 1.46. The van der Waals surface area contributed by atoms with Crippen LogP contribution in [0.15, 0.2) is 59.6 Å². The molecule has 2 aromatic carbocycles. The molecule has 6 nitrogen and oxygen atoms in total. The van der Waals surface area contributed by atoms with Crippen molar-refractivity contribution < 1.29 is 14.6 Å². The summed E-state index contributed by atoms with van der Waals surface area (Å²) in [6, 6.07) is 17.5. The fraction of sp³-hybridized carbons (Fsp3) is 0.409. The maximum Gasteiger partial charge on any atom is 0.191 e.